The fourth-order valence-electron chi connectivity index (χ4n) is 2.60. The van der Waals surface area contributed by atoms with Gasteiger partial charge in [-0.25, -0.2) is 0 Å². The fraction of sp³-hybridized carbons (Fsp3) is 0.222. The average molecular weight is 346 g/mol. The van der Waals surface area contributed by atoms with Crippen LogP contribution in [-0.2, 0) is 9.59 Å². The SMILES string of the molecule is COc1ccc(N2C[C@H](C(=O)Oc3ccccc3Cl)CC2=O)cc1. The van der Waals surface area contributed by atoms with Crippen molar-refractivity contribution in [3.63, 3.8) is 0 Å². The van der Waals surface area contributed by atoms with Crippen molar-refractivity contribution in [3.05, 3.63) is 53.6 Å². The maximum Gasteiger partial charge on any atom is 0.316 e. The highest BCUT2D eigenvalue weighted by atomic mass is 35.5. The second-order valence-corrected chi connectivity index (χ2v) is 5.86. The summed E-state index contributed by atoms with van der Waals surface area (Å²) >= 11 is 5.99. The normalized spacial score (nSPS) is 17.0. The number of carbonyl (C=O) groups excluding carboxylic acids is 2. The summed E-state index contributed by atoms with van der Waals surface area (Å²) in [5.74, 6) is -0.0656. The van der Waals surface area contributed by atoms with E-state index in [1.165, 1.54) is 0 Å². The summed E-state index contributed by atoms with van der Waals surface area (Å²) in [4.78, 5) is 26.1. The van der Waals surface area contributed by atoms with E-state index in [1.54, 1.807) is 60.5 Å². The van der Waals surface area contributed by atoms with E-state index in [2.05, 4.69) is 0 Å². The lowest BCUT2D eigenvalue weighted by Crippen LogP contribution is -2.27. The Labute approximate surface area is 144 Å². The third-order valence-corrected chi connectivity index (χ3v) is 4.20. The third kappa shape index (κ3) is 3.36. The lowest BCUT2D eigenvalue weighted by atomic mass is 10.1. The number of para-hydroxylation sites is 1. The molecule has 1 aliphatic heterocycles. The number of ether oxygens (including phenoxy) is 2. The number of benzene rings is 2. The molecule has 5 nitrogen and oxygen atoms in total. The zero-order chi connectivity index (χ0) is 17.1. The first-order valence-corrected chi connectivity index (χ1v) is 7.87. The number of hydrogen-bond donors (Lipinski definition) is 0. The van der Waals surface area contributed by atoms with Gasteiger partial charge < -0.3 is 14.4 Å². The molecule has 24 heavy (non-hydrogen) atoms. The number of esters is 1. The minimum atomic E-state index is -0.518. The Hall–Kier alpha value is -2.53. The molecule has 0 N–H and O–H groups in total. The van der Waals surface area contributed by atoms with E-state index in [9.17, 15) is 9.59 Å². The largest absolute Gasteiger partial charge is 0.497 e. The van der Waals surface area contributed by atoms with Crippen LogP contribution in [0.3, 0.4) is 0 Å². The number of methoxy groups -OCH3 is 1. The molecule has 0 aliphatic carbocycles. The van der Waals surface area contributed by atoms with Gasteiger partial charge in [0.25, 0.3) is 0 Å². The minimum Gasteiger partial charge on any atom is -0.497 e. The van der Waals surface area contributed by atoms with Gasteiger partial charge in [-0.1, -0.05) is 23.7 Å². The van der Waals surface area contributed by atoms with E-state index in [1.807, 2.05) is 0 Å². The molecule has 3 rings (SSSR count). The smallest absolute Gasteiger partial charge is 0.316 e. The maximum atomic E-state index is 12.3. The first kappa shape index (κ1) is 16.3. The lowest BCUT2D eigenvalue weighted by molar-refractivity contribution is -0.139. The van der Waals surface area contributed by atoms with E-state index < -0.39 is 11.9 Å². The van der Waals surface area contributed by atoms with Crippen molar-refractivity contribution >= 4 is 29.2 Å². The molecule has 2 aromatic carbocycles. The highest BCUT2D eigenvalue weighted by molar-refractivity contribution is 6.32. The quantitative estimate of drug-likeness (QED) is 0.630. The zero-order valence-corrected chi connectivity index (χ0v) is 13.8. The lowest BCUT2D eigenvalue weighted by Gasteiger charge is -2.17. The van der Waals surface area contributed by atoms with Gasteiger partial charge in [0.05, 0.1) is 18.1 Å². The summed E-state index contributed by atoms with van der Waals surface area (Å²) in [5, 5.41) is 0.363. The van der Waals surface area contributed by atoms with E-state index in [-0.39, 0.29) is 18.9 Å². The highest BCUT2D eigenvalue weighted by Gasteiger charge is 2.36. The first-order chi connectivity index (χ1) is 11.6. The van der Waals surface area contributed by atoms with Gasteiger partial charge in [-0.2, -0.15) is 0 Å². The summed E-state index contributed by atoms with van der Waals surface area (Å²) in [7, 11) is 1.58. The van der Waals surface area contributed by atoms with Crippen LogP contribution in [0.2, 0.25) is 5.02 Å². The van der Waals surface area contributed by atoms with Crippen molar-refractivity contribution in [3.8, 4) is 11.5 Å². The monoisotopic (exact) mass is 345 g/mol. The Morgan fingerprint density at radius 2 is 1.88 bits per heavy atom. The van der Waals surface area contributed by atoms with Crippen LogP contribution in [0, 0.1) is 5.92 Å². The second kappa shape index (κ2) is 6.93. The number of nitrogens with zero attached hydrogens (tertiary/aromatic N) is 1. The van der Waals surface area contributed by atoms with Gasteiger partial charge in [0, 0.05) is 18.7 Å². The molecular weight excluding hydrogens is 330 g/mol. The Bertz CT molecular complexity index is 760. The summed E-state index contributed by atoms with van der Waals surface area (Å²) in [6.45, 7) is 0.286. The molecule has 0 saturated carbocycles. The van der Waals surface area contributed by atoms with Crippen LogP contribution >= 0.6 is 11.6 Å². The molecule has 1 amide bonds. The van der Waals surface area contributed by atoms with Crippen molar-refractivity contribution in [1.29, 1.82) is 0 Å². The van der Waals surface area contributed by atoms with Gasteiger partial charge in [0.15, 0.2) is 0 Å². The van der Waals surface area contributed by atoms with E-state index in [0.29, 0.717) is 16.5 Å². The van der Waals surface area contributed by atoms with Crippen LogP contribution in [0.1, 0.15) is 6.42 Å². The molecule has 0 spiro atoms. The van der Waals surface area contributed by atoms with Gasteiger partial charge in [0.1, 0.15) is 11.5 Å². The topological polar surface area (TPSA) is 55.8 Å². The van der Waals surface area contributed by atoms with Crippen LogP contribution in [0.15, 0.2) is 48.5 Å². The first-order valence-electron chi connectivity index (χ1n) is 7.49. The summed E-state index contributed by atoms with van der Waals surface area (Å²) < 4.78 is 10.4. The van der Waals surface area contributed by atoms with Crippen molar-refractivity contribution in [1.82, 2.24) is 0 Å². The van der Waals surface area contributed by atoms with Crippen LogP contribution in [-0.4, -0.2) is 25.5 Å². The van der Waals surface area contributed by atoms with Crippen molar-refractivity contribution in [2.45, 2.75) is 6.42 Å². The van der Waals surface area contributed by atoms with E-state index in [0.717, 1.165) is 5.69 Å². The third-order valence-electron chi connectivity index (χ3n) is 3.89. The van der Waals surface area contributed by atoms with E-state index in [4.69, 9.17) is 21.1 Å². The standard InChI is InChI=1S/C18H16ClNO4/c1-23-14-8-6-13(7-9-14)20-11-12(10-17(20)21)18(22)24-16-5-3-2-4-15(16)19/h2-9,12H,10-11H2,1H3/t12-/m1/s1. The number of rotatable bonds is 4. The maximum absolute atomic E-state index is 12.3. The number of hydrogen-bond acceptors (Lipinski definition) is 4. The Kier molecular flexibility index (Phi) is 4.71. The highest BCUT2D eigenvalue weighted by Crippen LogP contribution is 2.29. The van der Waals surface area contributed by atoms with Gasteiger partial charge in [0.2, 0.25) is 5.91 Å². The molecule has 2 aromatic rings. The van der Waals surface area contributed by atoms with Crippen molar-refractivity contribution in [2.75, 3.05) is 18.6 Å². The molecule has 0 bridgehead atoms. The summed E-state index contributed by atoms with van der Waals surface area (Å²) in [5.41, 5.74) is 0.730. The molecule has 1 fully saturated rings. The number of anilines is 1. The molecule has 0 radical (unpaired) electrons. The second-order valence-electron chi connectivity index (χ2n) is 5.45. The molecule has 1 saturated heterocycles. The molecule has 0 aromatic heterocycles. The van der Waals surface area contributed by atoms with E-state index >= 15 is 0 Å². The molecule has 0 unspecified atom stereocenters. The molecule has 6 heteroatoms. The molecule has 1 aliphatic rings. The van der Waals surface area contributed by atoms with Crippen molar-refractivity contribution in [2.24, 2.45) is 5.92 Å². The minimum absolute atomic E-state index is 0.110. The predicted octanol–water partition coefficient (Wildman–Crippen LogP) is 3.31. The van der Waals surface area contributed by atoms with Crippen LogP contribution in [0.25, 0.3) is 0 Å². The number of amides is 1. The Morgan fingerprint density at radius 1 is 1.17 bits per heavy atom. The van der Waals surface area contributed by atoms with Gasteiger partial charge in [-0.05, 0) is 36.4 Å². The van der Waals surface area contributed by atoms with Gasteiger partial charge >= 0.3 is 5.97 Å². The van der Waals surface area contributed by atoms with Crippen LogP contribution in [0.5, 0.6) is 11.5 Å². The average Bonchev–Trinajstić information content (AvgIpc) is 2.99. The fourth-order valence-corrected chi connectivity index (χ4v) is 2.77. The molecule has 1 heterocycles. The van der Waals surface area contributed by atoms with Gasteiger partial charge in [-0.15, -0.1) is 0 Å². The van der Waals surface area contributed by atoms with Crippen LogP contribution in [0.4, 0.5) is 5.69 Å². The molecular formula is C18H16ClNO4. The summed E-state index contributed by atoms with van der Waals surface area (Å²) in [6, 6.07) is 13.9. The predicted molar refractivity (Wildman–Crippen MR) is 90.5 cm³/mol. The number of carbonyl (C=O) groups is 2. The Balaban J connectivity index is 1.69. The summed E-state index contributed by atoms with van der Waals surface area (Å²) in [6.07, 6.45) is 0.120. The molecule has 1 atom stereocenters. The van der Waals surface area contributed by atoms with Crippen molar-refractivity contribution < 1.29 is 19.1 Å². The number of halogens is 1. The zero-order valence-electron chi connectivity index (χ0n) is 13.1. The van der Waals surface area contributed by atoms with Crippen LogP contribution < -0.4 is 14.4 Å². The van der Waals surface area contributed by atoms with Gasteiger partial charge in [-0.3, -0.25) is 9.59 Å². The Morgan fingerprint density at radius 3 is 2.54 bits per heavy atom. The molecule has 124 valence electrons.